The van der Waals surface area contributed by atoms with Gasteiger partial charge in [0.1, 0.15) is 11.6 Å². The summed E-state index contributed by atoms with van der Waals surface area (Å²) < 4.78 is 13.2. The lowest BCUT2D eigenvalue weighted by molar-refractivity contribution is 0.468. The van der Waals surface area contributed by atoms with E-state index in [1.165, 1.54) is 12.1 Å². The van der Waals surface area contributed by atoms with Gasteiger partial charge < -0.3 is 15.3 Å². The number of thiocarbonyl (C=S) groups is 1. The predicted molar refractivity (Wildman–Crippen MR) is 96.2 cm³/mol. The maximum atomic E-state index is 13.2. The number of benzene rings is 2. The van der Waals surface area contributed by atoms with E-state index < -0.39 is 0 Å². The van der Waals surface area contributed by atoms with Crippen molar-refractivity contribution in [2.45, 2.75) is 26.3 Å². The third-order valence-corrected chi connectivity index (χ3v) is 3.87. The number of phenols is 1. The molecule has 0 spiro atoms. The van der Waals surface area contributed by atoms with E-state index in [9.17, 15) is 9.50 Å². The average Bonchev–Trinajstić information content (AvgIpc) is 2.55. The van der Waals surface area contributed by atoms with E-state index in [-0.39, 0.29) is 11.6 Å². The summed E-state index contributed by atoms with van der Waals surface area (Å²) in [5.41, 5.74) is 1.54. The maximum Gasteiger partial charge on any atom is 0.173 e. The fraction of sp³-hybridized carbons (Fsp3) is 0.278. The Morgan fingerprint density at radius 1 is 1.17 bits per heavy atom. The second-order valence-corrected chi connectivity index (χ2v) is 5.66. The summed E-state index contributed by atoms with van der Waals surface area (Å²) in [6, 6.07) is 13.3. The van der Waals surface area contributed by atoms with Gasteiger partial charge >= 0.3 is 0 Å². The third kappa shape index (κ3) is 4.93. The molecule has 0 radical (unpaired) electrons. The molecular formula is C18H21FN2OS. The molecule has 0 heterocycles. The van der Waals surface area contributed by atoms with Crippen molar-refractivity contribution in [1.82, 2.24) is 5.32 Å². The van der Waals surface area contributed by atoms with Crippen LogP contribution in [0.4, 0.5) is 10.1 Å². The number of anilines is 1. The number of rotatable bonds is 6. The molecule has 2 aromatic carbocycles. The van der Waals surface area contributed by atoms with Crippen LogP contribution in [-0.2, 0) is 6.54 Å². The first-order chi connectivity index (χ1) is 11.1. The fourth-order valence-corrected chi connectivity index (χ4v) is 2.46. The molecule has 23 heavy (non-hydrogen) atoms. The lowest BCUT2D eigenvalue weighted by Gasteiger charge is -2.26. The van der Waals surface area contributed by atoms with E-state index in [0.29, 0.717) is 11.7 Å². The fourth-order valence-electron chi connectivity index (χ4n) is 2.18. The molecule has 122 valence electrons. The van der Waals surface area contributed by atoms with Crippen molar-refractivity contribution in [3.8, 4) is 5.75 Å². The van der Waals surface area contributed by atoms with E-state index in [1.807, 2.05) is 17.0 Å². The molecule has 0 unspecified atom stereocenters. The van der Waals surface area contributed by atoms with Crippen LogP contribution in [0, 0.1) is 5.82 Å². The molecule has 0 aliphatic carbocycles. The molecule has 2 rings (SSSR count). The highest BCUT2D eigenvalue weighted by atomic mass is 32.1. The molecular weight excluding hydrogens is 311 g/mol. The molecule has 0 saturated carbocycles. The number of para-hydroxylation sites is 1. The van der Waals surface area contributed by atoms with Crippen molar-refractivity contribution in [1.29, 1.82) is 0 Å². The van der Waals surface area contributed by atoms with Crippen LogP contribution >= 0.6 is 12.2 Å². The number of unbranched alkanes of at least 4 members (excludes halogenated alkanes) is 1. The number of halogens is 1. The van der Waals surface area contributed by atoms with Crippen molar-refractivity contribution in [3.63, 3.8) is 0 Å². The molecule has 0 saturated heterocycles. The number of hydrogen-bond acceptors (Lipinski definition) is 2. The van der Waals surface area contributed by atoms with Gasteiger partial charge in [-0.05, 0) is 49.0 Å². The van der Waals surface area contributed by atoms with Gasteiger partial charge in [-0.2, -0.15) is 0 Å². The zero-order valence-electron chi connectivity index (χ0n) is 13.1. The standard InChI is InChI=1S/C18H21FN2OS/c1-2-3-12-20-18(23)21(16-10-8-15(19)9-11-16)13-14-6-4-5-7-17(14)22/h4-11,22H,2-3,12-13H2,1H3,(H,20,23). The summed E-state index contributed by atoms with van der Waals surface area (Å²) in [5.74, 6) is -0.0721. The Hall–Kier alpha value is -2.14. The summed E-state index contributed by atoms with van der Waals surface area (Å²) in [6.45, 7) is 3.31. The smallest absolute Gasteiger partial charge is 0.173 e. The Labute approximate surface area is 141 Å². The van der Waals surface area contributed by atoms with Gasteiger partial charge in [-0.15, -0.1) is 0 Å². The summed E-state index contributed by atoms with van der Waals surface area (Å²) in [7, 11) is 0. The van der Waals surface area contributed by atoms with Crippen LogP contribution in [0.2, 0.25) is 0 Å². The number of nitrogens with zero attached hydrogens (tertiary/aromatic N) is 1. The predicted octanol–water partition coefficient (Wildman–Crippen LogP) is 4.21. The molecule has 0 aliphatic heterocycles. The van der Waals surface area contributed by atoms with Crippen LogP contribution in [0.25, 0.3) is 0 Å². The Morgan fingerprint density at radius 3 is 2.52 bits per heavy atom. The Morgan fingerprint density at radius 2 is 1.87 bits per heavy atom. The van der Waals surface area contributed by atoms with Gasteiger partial charge in [-0.1, -0.05) is 31.5 Å². The van der Waals surface area contributed by atoms with Crippen molar-refractivity contribution in [2.75, 3.05) is 11.4 Å². The van der Waals surface area contributed by atoms with Crippen LogP contribution in [0.5, 0.6) is 5.75 Å². The van der Waals surface area contributed by atoms with E-state index >= 15 is 0 Å². The molecule has 5 heteroatoms. The van der Waals surface area contributed by atoms with Gasteiger partial charge in [0.05, 0.1) is 6.54 Å². The lowest BCUT2D eigenvalue weighted by Crippen LogP contribution is -2.39. The first-order valence-corrected chi connectivity index (χ1v) is 8.10. The minimum Gasteiger partial charge on any atom is -0.508 e. The normalized spacial score (nSPS) is 10.3. The molecule has 2 aromatic rings. The quantitative estimate of drug-likeness (QED) is 0.613. The van der Waals surface area contributed by atoms with E-state index in [2.05, 4.69) is 12.2 Å². The summed E-state index contributed by atoms with van der Waals surface area (Å²) >= 11 is 5.49. The van der Waals surface area contributed by atoms with Crippen molar-refractivity contribution < 1.29 is 9.50 Å². The molecule has 0 aliphatic rings. The van der Waals surface area contributed by atoms with Gasteiger partial charge in [-0.25, -0.2) is 4.39 Å². The highest BCUT2D eigenvalue weighted by molar-refractivity contribution is 7.80. The molecule has 0 amide bonds. The molecule has 0 aromatic heterocycles. The zero-order valence-corrected chi connectivity index (χ0v) is 13.9. The largest absolute Gasteiger partial charge is 0.508 e. The van der Waals surface area contributed by atoms with Crippen LogP contribution < -0.4 is 10.2 Å². The molecule has 0 fully saturated rings. The second kappa shape index (κ2) is 8.48. The van der Waals surface area contributed by atoms with E-state index in [0.717, 1.165) is 30.6 Å². The van der Waals surface area contributed by atoms with Crippen molar-refractivity contribution in [3.05, 3.63) is 59.9 Å². The number of aromatic hydroxyl groups is 1. The summed E-state index contributed by atoms with van der Waals surface area (Å²) in [4.78, 5) is 1.86. The summed E-state index contributed by atoms with van der Waals surface area (Å²) in [5, 5.41) is 13.8. The Bertz CT molecular complexity index is 646. The average molecular weight is 332 g/mol. The first kappa shape index (κ1) is 17.2. The Kier molecular flexibility index (Phi) is 6.35. The molecule has 2 N–H and O–H groups in total. The number of hydrogen-bond donors (Lipinski definition) is 2. The van der Waals surface area contributed by atoms with E-state index in [1.54, 1.807) is 24.3 Å². The van der Waals surface area contributed by atoms with Crippen LogP contribution in [0.1, 0.15) is 25.3 Å². The third-order valence-electron chi connectivity index (χ3n) is 3.51. The van der Waals surface area contributed by atoms with Crippen molar-refractivity contribution >= 4 is 23.0 Å². The lowest BCUT2D eigenvalue weighted by atomic mass is 10.1. The van der Waals surface area contributed by atoms with E-state index in [4.69, 9.17) is 12.2 Å². The van der Waals surface area contributed by atoms with Crippen LogP contribution in [-0.4, -0.2) is 16.8 Å². The topological polar surface area (TPSA) is 35.5 Å². The van der Waals surface area contributed by atoms with Gasteiger partial charge in [0.25, 0.3) is 0 Å². The second-order valence-electron chi connectivity index (χ2n) is 5.28. The first-order valence-electron chi connectivity index (χ1n) is 7.69. The highest BCUT2D eigenvalue weighted by Gasteiger charge is 2.14. The minimum atomic E-state index is -0.291. The monoisotopic (exact) mass is 332 g/mol. The molecule has 0 bridgehead atoms. The van der Waals surface area contributed by atoms with Crippen LogP contribution in [0.15, 0.2) is 48.5 Å². The van der Waals surface area contributed by atoms with Gasteiger partial charge in [0.2, 0.25) is 0 Å². The summed E-state index contributed by atoms with van der Waals surface area (Å²) in [6.07, 6.45) is 2.10. The van der Waals surface area contributed by atoms with Crippen molar-refractivity contribution in [2.24, 2.45) is 0 Å². The molecule has 3 nitrogen and oxygen atoms in total. The maximum absolute atomic E-state index is 13.2. The SMILES string of the molecule is CCCCNC(=S)N(Cc1ccccc1O)c1ccc(F)cc1. The number of nitrogens with one attached hydrogen (secondary N) is 1. The molecule has 0 atom stereocenters. The highest BCUT2D eigenvalue weighted by Crippen LogP contribution is 2.23. The zero-order chi connectivity index (χ0) is 16.7. The Balaban J connectivity index is 2.22. The van der Waals surface area contributed by atoms with Gasteiger partial charge in [-0.3, -0.25) is 0 Å². The van der Waals surface area contributed by atoms with Gasteiger partial charge in [0, 0.05) is 17.8 Å². The van der Waals surface area contributed by atoms with Crippen LogP contribution in [0.3, 0.4) is 0 Å². The van der Waals surface area contributed by atoms with Gasteiger partial charge in [0.15, 0.2) is 5.11 Å². The minimum absolute atomic E-state index is 0.218. The number of phenolic OH excluding ortho intramolecular Hbond substituents is 1.